The Kier molecular flexibility index (Phi) is 4.96. The lowest BCUT2D eigenvalue weighted by Gasteiger charge is -2.27. The molecule has 3 rings (SSSR count). The van der Waals surface area contributed by atoms with Crippen LogP contribution in [-0.2, 0) is 13.0 Å². The number of nitrogens with two attached hydrogens (primary N) is 1. The summed E-state index contributed by atoms with van der Waals surface area (Å²) in [6.45, 7) is 6.20. The van der Waals surface area contributed by atoms with Crippen LogP contribution in [-0.4, -0.2) is 24.4 Å². The molecule has 0 saturated carbocycles. The van der Waals surface area contributed by atoms with Gasteiger partial charge in [-0.1, -0.05) is 11.6 Å². The second kappa shape index (κ2) is 6.84. The van der Waals surface area contributed by atoms with Gasteiger partial charge < -0.3 is 16.0 Å². The van der Waals surface area contributed by atoms with Crippen molar-refractivity contribution in [3.05, 3.63) is 37.4 Å². The molecule has 0 aromatic carbocycles. The molecule has 4 N–H and O–H groups in total. The normalized spacial score (nSPS) is 16.9. The number of anilines is 1. The second-order valence-electron chi connectivity index (χ2n) is 6.12. The molecule has 1 atom stereocenters. The van der Waals surface area contributed by atoms with E-state index in [1.54, 1.807) is 12.1 Å². The second-order valence-corrected chi connectivity index (χ2v) is 8.94. The van der Waals surface area contributed by atoms with Gasteiger partial charge in [-0.3, -0.25) is 9.59 Å². The molecular weight excluding hydrogens is 366 g/mol. The monoisotopic (exact) mass is 384 g/mol. The van der Waals surface area contributed by atoms with Gasteiger partial charge in [0, 0.05) is 6.42 Å². The molecule has 0 aliphatic carbocycles. The molecule has 0 radical (unpaired) electrons. The van der Waals surface area contributed by atoms with Crippen molar-refractivity contribution in [1.29, 1.82) is 0 Å². The molecule has 1 aliphatic heterocycles. The van der Waals surface area contributed by atoms with Crippen LogP contribution in [0.4, 0.5) is 5.00 Å². The van der Waals surface area contributed by atoms with Gasteiger partial charge in [0.25, 0.3) is 11.8 Å². The number of thiophene rings is 2. The Bertz CT molecular complexity index is 797. The van der Waals surface area contributed by atoms with Gasteiger partial charge >= 0.3 is 0 Å². The first-order chi connectivity index (χ1) is 11.4. The van der Waals surface area contributed by atoms with Gasteiger partial charge in [0.05, 0.1) is 32.2 Å². The molecule has 1 aliphatic rings. The van der Waals surface area contributed by atoms with Crippen molar-refractivity contribution in [3.63, 3.8) is 0 Å². The summed E-state index contributed by atoms with van der Waals surface area (Å²) in [7, 11) is 0. The minimum atomic E-state index is -0.486. The van der Waals surface area contributed by atoms with Crippen LogP contribution in [0.2, 0.25) is 4.34 Å². The van der Waals surface area contributed by atoms with Gasteiger partial charge in [-0.2, -0.15) is 0 Å². The molecule has 5 nitrogen and oxygen atoms in total. The van der Waals surface area contributed by atoms with Crippen LogP contribution in [0.25, 0.3) is 0 Å². The Morgan fingerprint density at radius 2 is 2.08 bits per heavy atom. The summed E-state index contributed by atoms with van der Waals surface area (Å²) in [5.74, 6) is -0.749. The van der Waals surface area contributed by atoms with Gasteiger partial charge in [-0.25, -0.2) is 0 Å². The molecule has 128 valence electrons. The number of rotatable bonds is 4. The summed E-state index contributed by atoms with van der Waals surface area (Å²) in [5.41, 5.74) is 7.05. The van der Waals surface area contributed by atoms with E-state index in [-0.39, 0.29) is 5.91 Å². The zero-order valence-electron chi connectivity index (χ0n) is 13.4. The fraction of sp³-hybridized carbons (Fsp3) is 0.375. The van der Waals surface area contributed by atoms with Crippen LogP contribution < -0.4 is 16.0 Å². The number of fused-ring (bicyclic) bond motifs is 1. The van der Waals surface area contributed by atoms with Gasteiger partial charge in [-0.15, -0.1) is 22.7 Å². The lowest BCUT2D eigenvalue weighted by atomic mass is 10.0. The Morgan fingerprint density at radius 1 is 1.33 bits per heavy atom. The van der Waals surface area contributed by atoms with Crippen LogP contribution in [0.5, 0.6) is 0 Å². The van der Waals surface area contributed by atoms with E-state index < -0.39 is 5.91 Å². The van der Waals surface area contributed by atoms with Crippen molar-refractivity contribution >= 4 is 51.1 Å². The van der Waals surface area contributed by atoms with Crippen LogP contribution >= 0.6 is 34.3 Å². The third kappa shape index (κ3) is 3.35. The molecule has 0 spiro atoms. The van der Waals surface area contributed by atoms with Crippen molar-refractivity contribution in [3.8, 4) is 0 Å². The van der Waals surface area contributed by atoms with E-state index in [9.17, 15) is 9.59 Å². The average molecular weight is 385 g/mol. The number of hydrogen-bond acceptors (Lipinski definition) is 4. The molecule has 2 aromatic rings. The number of carbonyl (C=O) groups excluding carboxylic acids is 2. The van der Waals surface area contributed by atoms with E-state index in [2.05, 4.69) is 19.2 Å². The van der Waals surface area contributed by atoms with Crippen molar-refractivity contribution in [2.24, 2.45) is 5.73 Å². The summed E-state index contributed by atoms with van der Waals surface area (Å²) in [4.78, 5) is 27.4. The van der Waals surface area contributed by atoms with Gasteiger partial charge in [-0.05, 0) is 31.5 Å². The van der Waals surface area contributed by atoms with Crippen LogP contribution in [0, 0.1) is 0 Å². The van der Waals surface area contributed by atoms with Crippen LogP contribution in [0.15, 0.2) is 12.1 Å². The fourth-order valence-corrected chi connectivity index (χ4v) is 5.18. The highest BCUT2D eigenvalue weighted by atomic mass is 35.5. The van der Waals surface area contributed by atoms with Gasteiger partial charge in [0.15, 0.2) is 0 Å². The highest BCUT2D eigenvalue weighted by molar-refractivity contribution is 7.18. The summed E-state index contributed by atoms with van der Waals surface area (Å²) in [6.07, 6.45) is 0.804. The average Bonchev–Trinajstić information content (AvgIpc) is 3.09. The van der Waals surface area contributed by atoms with E-state index >= 15 is 0 Å². The standard InChI is InChI=1S/C16H18ClN3O2S2/c1-8(2)20-6-5-9-11(7-20)24-16(13(9)14(18)21)19-15(22)10-3-4-12(17)23-10/h3-4,8H,5-7H2,1-2H3,(H2,18,21)(H,19,22)/p+1. The SMILES string of the molecule is CC(C)[NH+]1CCc2c(sc(NC(=O)c3ccc(Cl)s3)c2C(N)=O)C1. The molecule has 3 heterocycles. The predicted octanol–water partition coefficient (Wildman–Crippen LogP) is 2.16. The molecule has 0 bridgehead atoms. The van der Waals surface area contributed by atoms with Crippen molar-refractivity contribution in [2.45, 2.75) is 32.9 Å². The number of nitrogens with one attached hydrogen (secondary N) is 2. The minimum Gasteiger partial charge on any atom is -0.365 e. The van der Waals surface area contributed by atoms with Gasteiger partial charge in [0.2, 0.25) is 0 Å². The Morgan fingerprint density at radius 3 is 2.67 bits per heavy atom. The van der Waals surface area contributed by atoms with E-state index in [1.165, 1.54) is 27.6 Å². The summed E-state index contributed by atoms with van der Waals surface area (Å²) < 4.78 is 0.553. The van der Waals surface area contributed by atoms with Gasteiger partial charge in [0.1, 0.15) is 11.5 Å². The Labute approximate surface area is 153 Å². The molecule has 0 fully saturated rings. The molecule has 1 unspecified atom stereocenters. The highest BCUT2D eigenvalue weighted by Crippen LogP contribution is 2.35. The van der Waals surface area contributed by atoms with E-state index in [1.807, 2.05) is 0 Å². The van der Waals surface area contributed by atoms with Crippen LogP contribution in [0.1, 0.15) is 44.3 Å². The Balaban J connectivity index is 1.91. The first-order valence-electron chi connectivity index (χ1n) is 7.72. The molecule has 2 amide bonds. The van der Waals surface area contributed by atoms with E-state index in [4.69, 9.17) is 17.3 Å². The van der Waals surface area contributed by atoms with Crippen LogP contribution in [0.3, 0.4) is 0 Å². The highest BCUT2D eigenvalue weighted by Gasteiger charge is 2.30. The van der Waals surface area contributed by atoms with Crippen molar-refractivity contribution < 1.29 is 14.5 Å². The van der Waals surface area contributed by atoms with E-state index in [0.717, 1.165) is 30.0 Å². The predicted molar refractivity (Wildman–Crippen MR) is 98.5 cm³/mol. The third-order valence-electron chi connectivity index (χ3n) is 4.26. The maximum Gasteiger partial charge on any atom is 0.266 e. The number of primary amides is 1. The maximum atomic E-state index is 12.4. The smallest absolute Gasteiger partial charge is 0.266 e. The first-order valence-corrected chi connectivity index (χ1v) is 9.73. The lowest BCUT2D eigenvalue weighted by molar-refractivity contribution is -0.936. The zero-order chi connectivity index (χ0) is 17.4. The zero-order valence-corrected chi connectivity index (χ0v) is 15.8. The number of halogens is 1. The molecular formula is C16H19ClN3O2S2+. The van der Waals surface area contributed by atoms with Crippen molar-refractivity contribution in [2.75, 3.05) is 11.9 Å². The van der Waals surface area contributed by atoms with E-state index in [0.29, 0.717) is 25.8 Å². The lowest BCUT2D eigenvalue weighted by Crippen LogP contribution is -3.14. The molecule has 0 saturated heterocycles. The third-order valence-corrected chi connectivity index (χ3v) is 6.64. The molecule has 8 heteroatoms. The number of carbonyl (C=O) groups is 2. The quantitative estimate of drug-likeness (QED) is 0.755. The fourth-order valence-electron chi connectivity index (χ4n) is 2.94. The Hall–Kier alpha value is -1.41. The summed E-state index contributed by atoms with van der Waals surface area (Å²) >= 11 is 8.55. The minimum absolute atomic E-state index is 0.263. The first kappa shape index (κ1) is 17.4. The van der Waals surface area contributed by atoms with Crippen molar-refractivity contribution in [1.82, 2.24) is 0 Å². The summed E-state index contributed by atoms with van der Waals surface area (Å²) in [6, 6.07) is 3.87. The largest absolute Gasteiger partial charge is 0.365 e. The number of quaternary nitrogens is 1. The maximum absolute atomic E-state index is 12.4. The number of hydrogen-bond donors (Lipinski definition) is 3. The number of amides is 2. The molecule has 2 aromatic heterocycles. The molecule has 24 heavy (non-hydrogen) atoms. The topological polar surface area (TPSA) is 76.6 Å². The summed E-state index contributed by atoms with van der Waals surface area (Å²) in [5, 5.41) is 3.39.